The van der Waals surface area contributed by atoms with Gasteiger partial charge in [-0.15, -0.1) is 0 Å². The molecule has 0 spiro atoms. The Kier molecular flexibility index (Phi) is 3.34. The predicted octanol–water partition coefficient (Wildman–Crippen LogP) is 1.38. The van der Waals surface area contributed by atoms with Crippen molar-refractivity contribution in [2.75, 3.05) is 12.4 Å². The van der Waals surface area contributed by atoms with Crippen LogP contribution < -0.4 is 5.32 Å². The highest BCUT2D eigenvalue weighted by Crippen LogP contribution is 2.05. The van der Waals surface area contributed by atoms with Gasteiger partial charge in [-0.25, -0.2) is 9.97 Å². The van der Waals surface area contributed by atoms with Crippen LogP contribution in [-0.4, -0.2) is 22.3 Å². The second-order valence-corrected chi connectivity index (χ2v) is 3.60. The molecule has 1 unspecified atom stereocenters. The minimum absolute atomic E-state index is 0.356. The van der Waals surface area contributed by atoms with Gasteiger partial charge in [-0.1, -0.05) is 6.92 Å². The first-order valence-corrected chi connectivity index (χ1v) is 4.40. The van der Waals surface area contributed by atoms with Crippen molar-refractivity contribution >= 4 is 18.6 Å². The van der Waals surface area contributed by atoms with Gasteiger partial charge in [0.2, 0.25) is 5.95 Å². The molecule has 0 aliphatic rings. The van der Waals surface area contributed by atoms with Crippen LogP contribution in [0.3, 0.4) is 0 Å². The van der Waals surface area contributed by atoms with Gasteiger partial charge in [0.15, 0.2) is 0 Å². The molecule has 1 aromatic heterocycles. The van der Waals surface area contributed by atoms with E-state index in [1.54, 1.807) is 7.05 Å². The molecule has 1 aromatic rings. The molecule has 0 saturated carbocycles. The lowest BCUT2D eigenvalue weighted by atomic mass is 10.2. The maximum atomic E-state index is 4.29. The SMILES string of the molecule is CNc1ncc(CC(C)S)cn1. The Morgan fingerprint density at radius 2 is 2.08 bits per heavy atom. The Morgan fingerprint density at radius 3 is 2.50 bits per heavy atom. The molecule has 0 bridgehead atoms. The van der Waals surface area contributed by atoms with Crippen molar-refractivity contribution < 1.29 is 0 Å². The molecule has 3 nitrogen and oxygen atoms in total. The number of nitrogens with one attached hydrogen (secondary N) is 1. The van der Waals surface area contributed by atoms with Crippen LogP contribution in [-0.2, 0) is 6.42 Å². The number of rotatable bonds is 3. The predicted molar refractivity (Wildman–Crippen MR) is 53.7 cm³/mol. The van der Waals surface area contributed by atoms with Crippen LogP contribution in [0.4, 0.5) is 5.95 Å². The highest BCUT2D eigenvalue weighted by Gasteiger charge is 1.99. The summed E-state index contributed by atoms with van der Waals surface area (Å²) in [6, 6.07) is 0. The summed E-state index contributed by atoms with van der Waals surface area (Å²) in [4.78, 5) is 8.19. The maximum Gasteiger partial charge on any atom is 0.222 e. The molecule has 1 atom stereocenters. The highest BCUT2D eigenvalue weighted by molar-refractivity contribution is 7.80. The monoisotopic (exact) mass is 183 g/mol. The zero-order chi connectivity index (χ0) is 8.97. The standard InChI is InChI=1S/C8H13N3S/c1-6(12)3-7-4-10-8(9-2)11-5-7/h4-6,12H,3H2,1-2H3,(H,9,10,11). The van der Waals surface area contributed by atoms with E-state index in [0.717, 1.165) is 12.0 Å². The lowest BCUT2D eigenvalue weighted by Crippen LogP contribution is -2.01. The average molecular weight is 183 g/mol. The van der Waals surface area contributed by atoms with Gasteiger partial charge in [0.1, 0.15) is 0 Å². The van der Waals surface area contributed by atoms with Gasteiger partial charge < -0.3 is 5.32 Å². The van der Waals surface area contributed by atoms with Crippen molar-refractivity contribution in [2.24, 2.45) is 0 Å². The van der Waals surface area contributed by atoms with Crippen LogP contribution in [0, 0.1) is 0 Å². The smallest absolute Gasteiger partial charge is 0.222 e. The fourth-order valence-corrected chi connectivity index (χ4v) is 1.14. The van der Waals surface area contributed by atoms with Gasteiger partial charge in [0.25, 0.3) is 0 Å². The minimum atomic E-state index is 0.356. The zero-order valence-electron chi connectivity index (χ0n) is 7.28. The first kappa shape index (κ1) is 9.32. The quantitative estimate of drug-likeness (QED) is 0.695. The average Bonchev–Trinajstić information content (AvgIpc) is 2.05. The molecular formula is C8H13N3S. The molecule has 12 heavy (non-hydrogen) atoms. The largest absolute Gasteiger partial charge is 0.357 e. The Morgan fingerprint density at radius 1 is 1.50 bits per heavy atom. The van der Waals surface area contributed by atoms with Gasteiger partial charge in [0.05, 0.1) is 0 Å². The number of nitrogens with zero attached hydrogens (tertiary/aromatic N) is 2. The first-order valence-electron chi connectivity index (χ1n) is 3.89. The zero-order valence-corrected chi connectivity index (χ0v) is 8.18. The Bertz CT molecular complexity index is 233. The van der Waals surface area contributed by atoms with Crippen molar-refractivity contribution in [1.82, 2.24) is 9.97 Å². The number of anilines is 1. The highest BCUT2D eigenvalue weighted by atomic mass is 32.1. The van der Waals surface area contributed by atoms with Crippen molar-refractivity contribution in [1.29, 1.82) is 0 Å². The van der Waals surface area contributed by atoms with Crippen molar-refractivity contribution in [2.45, 2.75) is 18.6 Å². The van der Waals surface area contributed by atoms with Gasteiger partial charge in [0, 0.05) is 24.7 Å². The van der Waals surface area contributed by atoms with Crippen LogP contribution in [0.2, 0.25) is 0 Å². The molecule has 0 saturated heterocycles. The molecule has 0 aliphatic heterocycles. The fraction of sp³-hybridized carbons (Fsp3) is 0.500. The van der Waals surface area contributed by atoms with Crippen LogP contribution in [0.5, 0.6) is 0 Å². The maximum absolute atomic E-state index is 4.29. The summed E-state index contributed by atoms with van der Waals surface area (Å²) in [5.41, 5.74) is 1.12. The van der Waals surface area contributed by atoms with Crippen LogP contribution in [0.25, 0.3) is 0 Å². The Labute approximate surface area is 78.0 Å². The lowest BCUT2D eigenvalue weighted by Gasteiger charge is -2.03. The molecule has 1 rings (SSSR count). The van der Waals surface area contributed by atoms with Crippen molar-refractivity contribution in [3.8, 4) is 0 Å². The number of thiol groups is 1. The fourth-order valence-electron chi connectivity index (χ4n) is 0.930. The molecule has 0 fully saturated rings. The summed E-state index contributed by atoms with van der Waals surface area (Å²) >= 11 is 4.29. The molecule has 1 N–H and O–H groups in total. The van der Waals surface area contributed by atoms with Gasteiger partial charge in [-0.05, 0) is 12.0 Å². The summed E-state index contributed by atoms with van der Waals surface area (Å²) in [5, 5.41) is 3.22. The summed E-state index contributed by atoms with van der Waals surface area (Å²) in [6.07, 6.45) is 4.56. The van der Waals surface area contributed by atoms with Crippen LogP contribution in [0.15, 0.2) is 12.4 Å². The van der Waals surface area contributed by atoms with E-state index < -0.39 is 0 Å². The van der Waals surface area contributed by atoms with Crippen molar-refractivity contribution in [3.63, 3.8) is 0 Å². The molecular weight excluding hydrogens is 170 g/mol. The number of aromatic nitrogens is 2. The van der Waals surface area contributed by atoms with Gasteiger partial charge in [-0.2, -0.15) is 12.6 Å². The second-order valence-electron chi connectivity index (χ2n) is 2.72. The summed E-state index contributed by atoms with van der Waals surface area (Å²) < 4.78 is 0. The molecule has 0 aliphatic carbocycles. The topological polar surface area (TPSA) is 37.8 Å². The molecule has 1 heterocycles. The molecule has 0 aromatic carbocycles. The van der Waals surface area contributed by atoms with Gasteiger partial charge >= 0.3 is 0 Å². The summed E-state index contributed by atoms with van der Waals surface area (Å²) in [7, 11) is 1.80. The summed E-state index contributed by atoms with van der Waals surface area (Å²) in [5.74, 6) is 0.658. The summed E-state index contributed by atoms with van der Waals surface area (Å²) in [6.45, 7) is 2.05. The van der Waals surface area contributed by atoms with E-state index in [1.165, 1.54) is 0 Å². The van der Waals surface area contributed by atoms with Crippen molar-refractivity contribution in [3.05, 3.63) is 18.0 Å². The van der Waals surface area contributed by atoms with E-state index in [-0.39, 0.29) is 0 Å². The van der Waals surface area contributed by atoms with E-state index in [1.807, 2.05) is 12.4 Å². The third-order valence-electron chi connectivity index (χ3n) is 1.46. The number of hydrogen-bond donors (Lipinski definition) is 2. The lowest BCUT2D eigenvalue weighted by molar-refractivity contribution is 0.926. The normalized spacial score (nSPS) is 12.6. The number of hydrogen-bond acceptors (Lipinski definition) is 4. The molecule has 4 heteroatoms. The first-order chi connectivity index (χ1) is 5.72. The third kappa shape index (κ3) is 2.70. The minimum Gasteiger partial charge on any atom is -0.357 e. The second kappa shape index (κ2) is 4.30. The van der Waals surface area contributed by atoms with E-state index in [4.69, 9.17) is 0 Å². The molecule has 66 valence electrons. The van der Waals surface area contributed by atoms with E-state index in [9.17, 15) is 0 Å². The van der Waals surface area contributed by atoms with Crippen LogP contribution in [0.1, 0.15) is 12.5 Å². The van der Waals surface area contributed by atoms with Gasteiger partial charge in [-0.3, -0.25) is 0 Å². The van der Waals surface area contributed by atoms with E-state index in [0.29, 0.717) is 11.2 Å². The van der Waals surface area contributed by atoms with E-state index in [2.05, 4.69) is 34.8 Å². The Hall–Kier alpha value is -0.770. The third-order valence-corrected chi connectivity index (χ3v) is 1.64. The molecule has 0 radical (unpaired) electrons. The van der Waals surface area contributed by atoms with E-state index >= 15 is 0 Å². The van der Waals surface area contributed by atoms with Crippen LogP contribution >= 0.6 is 12.6 Å². The Balaban J connectivity index is 2.65. The molecule has 0 amide bonds.